The molecule has 0 spiro atoms. The Morgan fingerprint density at radius 3 is 2.37 bits per heavy atom. The Balaban J connectivity index is 0. The number of hydrogen-bond acceptors (Lipinski definition) is 6. The number of ether oxygens (including phenoxy) is 1. The fraction of sp³-hybridized carbons (Fsp3) is 0.524. The van der Waals surface area contributed by atoms with E-state index in [1.807, 2.05) is 46.1 Å². The van der Waals surface area contributed by atoms with Crippen molar-refractivity contribution >= 4 is 22.2 Å². The maximum atomic E-state index is 8.29. The first-order chi connectivity index (χ1) is 12.7. The van der Waals surface area contributed by atoms with Crippen LogP contribution in [0, 0.1) is 0 Å². The first-order valence-electron chi connectivity index (χ1n) is 9.16. The van der Waals surface area contributed by atoms with Crippen molar-refractivity contribution in [3.8, 4) is 0 Å². The van der Waals surface area contributed by atoms with Gasteiger partial charge in [0.1, 0.15) is 0 Å². The first kappa shape index (κ1) is 27.1. The van der Waals surface area contributed by atoms with E-state index in [9.17, 15) is 0 Å². The maximum Gasteiger partial charge on any atom is 0.183 e. The molecule has 0 saturated carbocycles. The molecule has 1 rings (SSSR count). The third-order valence-electron chi connectivity index (χ3n) is 2.86. The van der Waals surface area contributed by atoms with Crippen molar-refractivity contribution in [3.63, 3.8) is 0 Å². The van der Waals surface area contributed by atoms with Crippen LogP contribution in [0.3, 0.4) is 0 Å². The number of anilines is 1. The molecule has 0 bridgehead atoms. The number of allylic oxidation sites excluding steroid dienone is 2. The highest BCUT2D eigenvalue weighted by molar-refractivity contribution is 7.13. The van der Waals surface area contributed by atoms with Gasteiger partial charge in [-0.15, -0.1) is 17.9 Å². The van der Waals surface area contributed by atoms with Gasteiger partial charge in [0.15, 0.2) is 5.13 Å². The van der Waals surface area contributed by atoms with Gasteiger partial charge in [0.2, 0.25) is 0 Å². The van der Waals surface area contributed by atoms with Gasteiger partial charge in [-0.3, -0.25) is 4.99 Å². The Hall–Kier alpha value is -2.08. The lowest BCUT2D eigenvalue weighted by Crippen LogP contribution is -2.09. The minimum atomic E-state index is 0.0863. The number of nitrogens with one attached hydrogen (secondary N) is 1. The number of rotatable bonds is 8. The van der Waals surface area contributed by atoms with Crippen molar-refractivity contribution in [1.29, 1.82) is 0 Å². The molecular formula is C21H37N3O2S. The lowest BCUT2D eigenvalue weighted by atomic mass is 10.2. The largest absolute Gasteiger partial charge is 0.513 e. The highest BCUT2D eigenvalue weighted by Crippen LogP contribution is 2.17. The van der Waals surface area contributed by atoms with E-state index in [0.717, 1.165) is 22.3 Å². The fourth-order valence-electron chi connectivity index (χ4n) is 1.74. The minimum Gasteiger partial charge on any atom is -0.513 e. The molecule has 0 aliphatic heterocycles. The van der Waals surface area contributed by atoms with Gasteiger partial charge in [-0.1, -0.05) is 26.5 Å². The quantitative estimate of drug-likeness (QED) is 0.305. The van der Waals surface area contributed by atoms with Crippen molar-refractivity contribution in [2.24, 2.45) is 4.99 Å². The van der Waals surface area contributed by atoms with Crippen LogP contribution < -0.4 is 5.32 Å². The van der Waals surface area contributed by atoms with Crippen molar-refractivity contribution in [2.45, 2.75) is 67.0 Å². The van der Waals surface area contributed by atoms with Gasteiger partial charge in [0.05, 0.1) is 36.1 Å². The summed E-state index contributed by atoms with van der Waals surface area (Å²) in [7, 11) is 1.67. The van der Waals surface area contributed by atoms with Crippen LogP contribution in [0.5, 0.6) is 0 Å². The summed E-state index contributed by atoms with van der Waals surface area (Å²) in [4.78, 5) is 9.13. The molecule has 0 amide bonds. The molecule has 1 atom stereocenters. The Kier molecular flexibility index (Phi) is 16.2. The predicted octanol–water partition coefficient (Wildman–Crippen LogP) is 6.37. The number of aliphatic imine (C=N–C) groups is 1. The zero-order valence-corrected chi connectivity index (χ0v) is 19.0. The molecule has 0 fully saturated rings. The van der Waals surface area contributed by atoms with Crippen LogP contribution in [0.4, 0.5) is 5.13 Å². The normalized spacial score (nSPS) is 12.2. The highest BCUT2D eigenvalue weighted by Gasteiger charge is 2.07. The number of aliphatic hydroxyl groups is 1. The second-order valence-electron chi connectivity index (χ2n) is 5.83. The van der Waals surface area contributed by atoms with Crippen LogP contribution in [0.15, 0.2) is 47.2 Å². The Bertz CT molecular complexity index is 604. The number of aliphatic hydroxyl groups excluding tert-OH is 1. The third kappa shape index (κ3) is 14.7. The fourth-order valence-corrected chi connectivity index (χ4v) is 2.64. The van der Waals surface area contributed by atoms with E-state index < -0.39 is 0 Å². The van der Waals surface area contributed by atoms with Gasteiger partial charge >= 0.3 is 0 Å². The Labute approximate surface area is 169 Å². The van der Waals surface area contributed by atoms with Gasteiger partial charge in [-0.05, 0) is 40.7 Å². The highest BCUT2D eigenvalue weighted by atomic mass is 32.1. The van der Waals surface area contributed by atoms with Crippen LogP contribution in [-0.4, -0.2) is 35.0 Å². The van der Waals surface area contributed by atoms with Gasteiger partial charge in [0, 0.05) is 17.8 Å². The molecule has 0 radical (unpaired) electrons. The summed E-state index contributed by atoms with van der Waals surface area (Å²) < 4.78 is 5.12. The molecule has 154 valence electrons. The van der Waals surface area contributed by atoms with E-state index in [0.29, 0.717) is 12.5 Å². The van der Waals surface area contributed by atoms with Gasteiger partial charge in [-0.2, -0.15) is 0 Å². The van der Waals surface area contributed by atoms with Gasteiger partial charge in [-0.25, -0.2) is 4.98 Å². The summed E-state index contributed by atoms with van der Waals surface area (Å²) in [5.74, 6) is 1.05. The van der Waals surface area contributed by atoms with Crippen LogP contribution in [0.1, 0.15) is 60.6 Å². The number of thiazole rings is 1. The lowest BCUT2D eigenvalue weighted by molar-refractivity contribution is 0.291. The number of nitrogens with zero attached hydrogens (tertiary/aromatic N) is 2. The minimum absolute atomic E-state index is 0.0863. The molecule has 0 aromatic carbocycles. The van der Waals surface area contributed by atoms with E-state index in [-0.39, 0.29) is 11.8 Å². The topological polar surface area (TPSA) is 66.7 Å². The Morgan fingerprint density at radius 2 is 1.96 bits per heavy atom. The standard InChI is InChI=1S/C14H23N3OS.C5H8O.C2H6/c1-9(2)15-14-17-13(8-19-14)12(5)16-10(3)7-11(4)18-6;1-3-4-5(2)6;1-2/h7-10H,1-6H3,(H,15,17);3,6H,1-2,4H2;1-2H3/b11-7+,16-12?;;. The average Bonchev–Trinajstić information content (AvgIpc) is 3.04. The molecule has 1 unspecified atom stereocenters. The van der Waals surface area contributed by atoms with Crippen molar-refractivity contribution in [1.82, 2.24) is 4.98 Å². The summed E-state index contributed by atoms with van der Waals surface area (Å²) in [6.45, 7) is 20.8. The summed E-state index contributed by atoms with van der Waals surface area (Å²) in [5, 5.41) is 14.6. The summed E-state index contributed by atoms with van der Waals surface area (Å²) in [6.07, 6.45) is 4.09. The molecule has 27 heavy (non-hydrogen) atoms. The SMILES string of the molecule is C=CCC(=C)O.CC.CO/C(C)=C/C(C)N=C(C)c1csc(NC(C)C)n1. The smallest absolute Gasteiger partial charge is 0.183 e. The van der Waals surface area contributed by atoms with E-state index in [1.54, 1.807) is 24.5 Å². The number of hydrogen-bond donors (Lipinski definition) is 2. The van der Waals surface area contributed by atoms with E-state index >= 15 is 0 Å². The average molecular weight is 396 g/mol. The molecular weight excluding hydrogens is 358 g/mol. The third-order valence-corrected chi connectivity index (χ3v) is 3.64. The van der Waals surface area contributed by atoms with Crippen LogP contribution in [0.2, 0.25) is 0 Å². The first-order valence-corrected chi connectivity index (χ1v) is 10.0. The molecule has 0 aliphatic rings. The predicted molar refractivity (Wildman–Crippen MR) is 121 cm³/mol. The second kappa shape index (κ2) is 16.1. The molecule has 2 N–H and O–H groups in total. The van der Waals surface area contributed by atoms with Gasteiger partial charge < -0.3 is 15.2 Å². The summed E-state index contributed by atoms with van der Waals surface area (Å²) in [6, 6.07) is 0.477. The number of aromatic nitrogens is 1. The van der Waals surface area contributed by atoms with Crippen LogP contribution in [0.25, 0.3) is 0 Å². The molecule has 0 aliphatic carbocycles. The number of methoxy groups -OCH3 is 1. The van der Waals surface area contributed by atoms with E-state index in [1.165, 1.54) is 0 Å². The molecule has 5 nitrogen and oxygen atoms in total. The summed E-state index contributed by atoms with van der Waals surface area (Å²) >= 11 is 1.61. The summed E-state index contributed by atoms with van der Waals surface area (Å²) in [5.41, 5.74) is 1.88. The molecule has 0 saturated heterocycles. The van der Waals surface area contributed by atoms with Crippen molar-refractivity contribution in [2.75, 3.05) is 12.4 Å². The van der Waals surface area contributed by atoms with Crippen molar-refractivity contribution in [3.05, 3.63) is 47.9 Å². The Morgan fingerprint density at radius 1 is 1.37 bits per heavy atom. The van der Waals surface area contributed by atoms with Crippen LogP contribution >= 0.6 is 11.3 Å². The molecule has 1 aromatic rings. The lowest BCUT2D eigenvalue weighted by Gasteiger charge is -2.05. The molecule has 1 aromatic heterocycles. The monoisotopic (exact) mass is 395 g/mol. The second-order valence-corrected chi connectivity index (χ2v) is 6.69. The van der Waals surface area contributed by atoms with Crippen LogP contribution in [-0.2, 0) is 4.74 Å². The van der Waals surface area contributed by atoms with E-state index in [2.05, 4.69) is 42.3 Å². The molecule has 6 heteroatoms. The zero-order chi connectivity index (χ0) is 21.4. The zero-order valence-electron chi connectivity index (χ0n) is 18.2. The van der Waals surface area contributed by atoms with Crippen molar-refractivity contribution < 1.29 is 9.84 Å². The molecule has 1 heterocycles. The maximum absolute atomic E-state index is 8.29. The van der Waals surface area contributed by atoms with Gasteiger partial charge in [0.25, 0.3) is 0 Å². The van der Waals surface area contributed by atoms with E-state index in [4.69, 9.17) is 9.84 Å².